The number of halogens is 1. The van der Waals surface area contributed by atoms with Crippen molar-refractivity contribution in [2.75, 3.05) is 12.4 Å². The first-order valence-electron chi connectivity index (χ1n) is 7.33. The second-order valence-corrected chi connectivity index (χ2v) is 5.88. The summed E-state index contributed by atoms with van der Waals surface area (Å²) < 4.78 is 5.26. The third kappa shape index (κ3) is 4.04. The fourth-order valence-electron chi connectivity index (χ4n) is 2.92. The van der Waals surface area contributed by atoms with Crippen molar-refractivity contribution in [2.45, 2.75) is 51.5 Å². The van der Waals surface area contributed by atoms with Crippen molar-refractivity contribution >= 4 is 17.3 Å². The van der Waals surface area contributed by atoms with Crippen molar-refractivity contribution in [1.29, 1.82) is 0 Å². The van der Waals surface area contributed by atoms with E-state index >= 15 is 0 Å². The van der Waals surface area contributed by atoms with Crippen molar-refractivity contribution in [3.63, 3.8) is 0 Å². The van der Waals surface area contributed by atoms with Gasteiger partial charge in [0.05, 0.1) is 12.1 Å². The van der Waals surface area contributed by atoms with E-state index in [0.717, 1.165) is 17.4 Å². The smallest absolute Gasteiger partial charge is 0.139 e. The molecule has 2 nitrogen and oxygen atoms in total. The Morgan fingerprint density at radius 1 is 1.26 bits per heavy atom. The maximum absolute atomic E-state index is 6.05. The van der Waals surface area contributed by atoms with Crippen molar-refractivity contribution < 1.29 is 4.74 Å². The van der Waals surface area contributed by atoms with Crippen molar-refractivity contribution in [3.8, 4) is 5.75 Å². The molecule has 3 heteroatoms. The van der Waals surface area contributed by atoms with Gasteiger partial charge in [-0.05, 0) is 37.3 Å². The molecule has 0 aliphatic heterocycles. The van der Waals surface area contributed by atoms with Crippen LogP contribution in [0, 0.1) is 5.92 Å². The first-order chi connectivity index (χ1) is 9.22. The zero-order chi connectivity index (χ0) is 13.7. The summed E-state index contributed by atoms with van der Waals surface area (Å²) in [7, 11) is 1.66. The number of anilines is 1. The molecule has 0 aromatic heterocycles. The molecule has 0 bridgehead atoms. The number of methoxy groups -OCH3 is 1. The summed E-state index contributed by atoms with van der Waals surface area (Å²) in [5.41, 5.74) is 1.11. The molecule has 1 aliphatic carbocycles. The van der Waals surface area contributed by atoms with Gasteiger partial charge in [-0.3, -0.25) is 0 Å². The van der Waals surface area contributed by atoms with Gasteiger partial charge in [0.15, 0.2) is 0 Å². The molecule has 2 unspecified atom stereocenters. The van der Waals surface area contributed by atoms with Gasteiger partial charge in [-0.1, -0.05) is 37.8 Å². The summed E-state index contributed by atoms with van der Waals surface area (Å²) in [6.45, 7) is 2.31. The Morgan fingerprint density at radius 2 is 2.11 bits per heavy atom. The normalized spacial score (nSPS) is 23.7. The first kappa shape index (κ1) is 14.5. The van der Waals surface area contributed by atoms with E-state index in [-0.39, 0.29) is 0 Å². The van der Waals surface area contributed by atoms with E-state index in [2.05, 4.69) is 12.2 Å². The number of hydrogen-bond acceptors (Lipinski definition) is 2. The zero-order valence-corrected chi connectivity index (χ0v) is 12.7. The third-order valence-corrected chi connectivity index (χ3v) is 4.50. The van der Waals surface area contributed by atoms with E-state index < -0.39 is 0 Å². The van der Waals surface area contributed by atoms with Crippen LogP contribution in [0.3, 0.4) is 0 Å². The maximum Gasteiger partial charge on any atom is 0.139 e. The van der Waals surface area contributed by atoms with Crippen molar-refractivity contribution in [1.82, 2.24) is 0 Å². The Kier molecular flexibility index (Phi) is 5.38. The van der Waals surface area contributed by atoms with Gasteiger partial charge < -0.3 is 10.1 Å². The molecule has 19 heavy (non-hydrogen) atoms. The van der Waals surface area contributed by atoms with Crippen LogP contribution in [0.25, 0.3) is 0 Å². The molecule has 2 rings (SSSR count). The van der Waals surface area contributed by atoms with E-state index in [1.54, 1.807) is 7.11 Å². The van der Waals surface area contributed by atoms with Gasteiger partial charge in [-0.25, -0.2) is 0 Å². The summed E-state index contributed by atoms with van der Waals surface area (Å²) in [4.78, 5) is 0. The van der Waals surface area contributed by atoms with Crippen LogP contribution in [0.15, 0.2) is 18.2 Å². The minimum atomic E-state index is 0.586. The number of benzene rings is 1. The van der Waals surface area contributed by atoms with Crippen LogP contribution < -0.4 is 10.1 Å². The Morgan fingerprint density at radius 3 is 2.84 bits per heavy atom. The molecule has 106 valence electrons. The van der Waals surface area contributed by atoms with E-state index in [1.807, 2.05) is 18.2 Å². The lowest BCUT2D eigenvalue weighted by molar-refractivity contribution is 0.415. The lowest BCUT2D eigenvalue weighted by Crippen LogP contribution is -2.18. The van der Waals surface area contributed by atoms with Gasteiger partial charge in [-0.15, -0.1) is 0 Å². The molecule has 0 saturated heterocycles. The Bertz CT molecular complexity index is 408. The molecule has 1 aliphatic rings. The number of ether oxygens (including phenoxy) is 1. The predicted molar refractivity (Wildman–Crippen MR) is 82.3 cm³/mol. The summed E-state index contributed by atoms with van der Waals surface area (Å²) in [6.07, 6.45) is 7.92. The molecule has 1 saturated carbocycles. The monoisotopic (exact) mass is 281 g/mol. The predicted octanol–water partition coefficient (Wildman–Crippen LogP) is 5.12. The topological polar surface area (TPSA) is 21.3 Å². The molecule has 1 fully saturated rings. The van der Waals surface area contributed by atoms with E-state index in [9.17, 15) is 0 Å². The standard InChI is InChI=1S/C16H24ClNO/c1-3-12-5-4-6-13(8-7-12)18-14-9-10-15(17)16(11-14)19-2/h9-13,18H,3-8H2,1-2H3. The number of nitrogens with one attached hydrogen (secondary N) is 1. The molecular formula is C16H24ClNO. The molecule has 0 amide bonds. The number of rotatable bonds is 4. The van der Waals surface area contributed by atoms with Crippen LogP contribution >= 0.6 is 11.6 Å². The maximum atomic E-state index is 6.05. The highest BCUT2D eigenvalue weighted by Crippen LogP contribution is 2.30. The molecular weight excluding hydrogens is 258 g/mol. The molecule has 0 heterocycles. The fraction of sp³-hybridized carbons (Fsp3) is 0.625. The highest BCUT2D eigenvalue weighted by molar-refractivity contribution is 6.32. The van der Waals surface area contributed by atoms with Crippen LogP contribution in [0.5, 0.6) is 5.75 Å². The van der Waals surface area contributed by atoms with E-state index in [0.29, 0.717) is 11.1 Å². The summed E-state index contributed by atoms with van der Waals surface area (Å²) >= 11 is 6.05. The van der Waals surface area contributed by atoms with Crippen molar-refractivity contribution in [3.05, 3.63) is 23.2 Å². The third-order valence-electron chi connectivity index (χ3n) is 4.19. The van der Waals surface area contributed by atoms with Gasteiger partial charge in [0.1, 0.15) is 5.75 Å². The van der Waals surface area contributed by atoms with Gasteiger partial charge in [0.2, 0.25) is 0 Å². The second-order valence-electron chi connectivity index (χ2n) is 5.47. The molecule has 0 spiro atoms. The Hall–Kier alpha value is -0.890. The Balaban J connectivity index is 1.97. The SMILES string of the molecule is CCC1CCCC(Nc2ccc(Cl)c(OC)c2)CC1. The van der Waals surface area contributed by atoms with Crippen LogP contribution in [0.4, 0.5) is 5.69 Å². The van der Waals surface area contributed by atoms with Gasteiger partial charge in [0.25, 0.3) is 0 Å². The molecule has 0 radical (unpaired) electrons. The summed E-state index contributed by atoms with van der Waals surface area (Å²) in [6, 6.07) is 6.51. The van der Waals surface area contributed by atoms with Gasteiger partial charge >= 0.3 is 0 Å². The summed E-state index contributed by atoms with van der Waals surface area (Å²) in [5.74, 6) is 1.67. The molecule has 2 atom stereocenters. The van der Waals surface area contributed by atoms with E-state index in [1.165, 1.54) is 38.5 Å². The first-order valence-corrected chi connectivity index (χ1v) is 7.70. The van der Waals surface area contributed by atoms with Gasteiger partial charge in [0, 0.05) is 17.8 Å². The average molecular weight is 282 g/mol. The summed E-state index contributed by atoms with van der Waals surface area (Å²) in [5, 5.41) is 4.30. The van der Waals surface area contributed by atoms with Crippen LogP contribution in [0.1, 0.15) is 45.4 Å². The molecule has 1 N–H and O–H groups in total. The highest BCUT2D eigenvalue weighted by atomic mass is 35.5. The van der Waals surface area contributed by atoms with Gasteiger partial charge in [-0.2, -0.15) is 0 Å². The van der Waals surface area contributed by atoms with E-state index in [4.69, 9.17) is 16.3 Å². The minimum absolute atomic E-state index is 0.586. The Labute approximate surface area is 121 Å². The quantitative estimate of drug-likeness (QED) is 0.774. The number of hydrogen-bond donors (Lipinski definition) is 1. The largest absolute Gasteiger partial charge is 0.495 e. The second kappa shape index (κ2) is 7.04. The molecule has 1 aromatic carbocycles. The van der Waals surface area contributed by atoms with Crippen molar-refractivity contribution in [2.24, 2.45) is 5.92 Å². The minimum Gasteiger partial charge on any atom is -0.495 e. The lowest BCUT2D eigenvalue weighted by atomic mass is 9.98. The van der Waals surface area contributed by atoms with Crippen LogP contribution in [-0.2, 0) is 0 Å². The van der Waals surface area contributed by atoms with Crippen LogP contribution in [-0.4, -0.2) is 13.2 Å². The zero-order valence-electron chi connectivity index (χ0n) is 11.9. The highest BCUT2D eigenvalue weighted by Gasteiger charge is 2.17. The molecule has 1 aromatic rings. The average Bonchev–Trinajstić information content (AvgIpc) is 2.66. The van der Waals surface area contributed by atoms with Crippen LogP contribution in [0.2, 0.25) is 5.02 Å². The fourth-order valence-corrected chi connectivity index (χ4v) is 3.11. The lowest BCUT2D eigenvalue weighted by Gasteiger charge is -2.18.